The Kier molecular flexibility index (Phi) is 4.31. The first-order valence-corrected chi connectivity index (χ1v) is 7.78. The molecule has 0 spiro atoms. The molecule has 2 atom stereocenters. The van der Waals surface area contributed by atoms with Crippen LogP contribution in [0.4, 0.5) is 0 Å². The highest BCUT2D eigenvalue weighted by molar-refractivity contribution is 5.95. The Balaban J connectivity index is 2.27. The van der Waals surface area contributed by atoms with E-state index in [4.69, 9.17) is 5.73 Å². The summed E-state index contributed by atoms with van der Waals surface area (Å²) in [5.41, 5.74) is 6.69. The van der Waals surface area contributed by atoms with Crippen LogP contribution >= 0.6 is 0 Å². The van der Waals surface area contributed by atoms with Gasteiger partial charge in [0.25, 0.3) is 5.91 Å². The lowest BCUT2D eigenvalue weighted by atomic mass is 9.92. The van der Waals surface area contributed by atoms with Crippen molar-refractivity contribution in [3.05, 3.63) is 17.5 Å². The number of aromatic nitrogens is 2. The van der Waals surface area contributed by atoms with Gasteiger partial charge in [-0.2, -0.15) is 5.10 Å². The number of carbonyl (C=O) groups excluding carboxylic acids is 2. The van der Waals surface area contributed by atoms with Crippen LogP contribution in [0.1, 0.15) is 56.6 Å². The number of nitrogens with two attached hydrogens (primary N) is 1. The van der Waals surface area contributed by atoms with Gasteiger partial charge in [0.15, 0.2) is 0 Å². The van der Waals surface area contributed by atoms with Crippen LogP contribution < -0.4 is 5.73 Å². The highest BCUT2D eigenvalue weighted by Gasteiger charge is 2.33. The molecule has 6 nitrogen and oxygen atoms in total. The summed E-state index contributed by atoms with van der Waals surface area (Å²) in [4.78, 5) is 26.1. The molecule has 2 rings (SSSR count). The van der Waals surface area contributed by atoms with Crippen LogP contribution in [0.2, 0.25) is 0 Å². The molecule has 1 aliphatic rings. The molecule has 2 N–H and O–H groups in total. The van der Waals surface area contributed by atoms with Crippen molar-refractivity contribution in [1.82, 2.24) is 14.7 Å². The Hall–Kier alpha value is -1.85. The van der Waals surface area contributed by atoms with Gasteiger partial charge in [0.2, 0.25) is 5.91 Å². The quantitative estimate of drug-likeness (QED) is 0.902. The fraction of sp³-hybridized carbons (Fsp3) is 0.688. The number of primary amides is 1. The largest absolute Gasteiger partial charge is 0.369 e. The van der Waals surface area contributed by atoms with E-state index >= 15 is 0 Å². The number of hydrogen-bond donors (Lipinski definition) is 1. The van der Waals surface area contributed by atoms with E-state index in [0.717, 1.165) is 18.5 Å². The zero-order chi connectivity index (χ0) is 16.7. The molecular weight excluding hydrogens is 280 g/mol. The average Bonchev–Trinajstić information content (AvgIpc) is 2.80. The molecular formula is C16H26N4O2. The number of rotatable bonds is 2. The number of piperidine rings is 1. The normalized spacial score (nSPS) is 22.7. The minimum atomic E-state index is -0.327. The molecule has 1 saturated heterocycles. The van der Waals surface area contributed by atoms with Gasteiger partial charge in [0.1, 0.15) is 0 Å². The predicted octanol–water partition coefficient (Wildman–Crippen LogP) is 1.67. The van der Waals surface area contributed by atoms with Crippen molar-refractivity contribution >= 4 is 11.8 Å². The van der Waals surface area contributed by atoms with Gasteiger partial charge in [-0.3, -0.25) is 14.3 Å². The SMILES string of the molecule is Cc1c(C(=O)N2C[C@@H](C(N)=O)CC[C@@H]2C)cnn1C(C)(C)C. The monoisotopic (exact) mass is 306 g/mol. The molecule has 0 aromatic carbocycles. The predicted molar refractivity (Wildman–Crippen MR) is 84.4 cm³/mol. The third kappa shape index (κ3) is 3.00. The van der Waals surface area contributed by atoms with Crippen LogP contribution in [0.25, 0.3) is 0 Å². The Morgan fingerprint density at radius 3 is 2.45 bits per heavy atom. The minimum Gasteiger partial charge on any atom is -0.369 e. The summed E-state index contributed by atoms with van der Waals surface area (Å²) in [5.74, 6) is -0.642. The fourth-order valence-corrected chi connectivity index (χ4v) is 3.07. The molecule has 22 heavy (non-hydrogen) atoms. The zero-order valence-electron chi connectivity index (χ0n) is 14.1. The Morgan fingerprint density at radius 1 is 1.32 bits per heavy atom. The Morgan fingerprint density at radius 2 is 1.95 bits per heavy atom. The van der Waals surface area contributed by atoms with Crippen molar-refractivity contribution in [2.45, 2.75) is 59.0 Å². The molecule has 0 aliphatic carbocycles. The Bertz CT molecular complexity index is 585. The third-order valence-corrected chi connectivity index (χ3v) is 4.42. The van der Waals surface area contributed by atoms with Gasteiger partial charge in [-0.25, -0.2) is 0 Å². The first-order chi connectivity index (χ1) is 10.1. The first kappa shape index (κ1) is 16.5. The van der Waals surface area contributed by atoms with Gasteiger partial charge in [-0.05, 0) is 47.5 Å². The van der Waals surface area contributed by atoms with Crippen molar-refractivity contribution in [2.24, 2.45) is 11.7 Å². The molecule has 1 aromatic heterocycles. The second-order valence-corrected chi connectivity index (χ2v) is 7.21. The molecule has 2 amide bonds. The van der Waals surface area contributed by atoms with E-state index in [2.05, 4.69) is 5.10 Å². The molecule has 2 heterocycles. The van der Waals surface area contributed by atoms with E-state index in [1.165, 1.54) is 0 Å². The molecule has 6 heteroatoms. The minimum absolute atomic E-state index is 0.0635. The van der Waals surface area contributed by atoms with Crippen LogP contribution in [0.3, 0.4) is 0 Å². The summed E-state index contributed by atoms with van der Waals surface area (Å²) >= 11 is 0. The van der Waals surface area contributed by atoms with Crippen LogP contribution in [-0.2, 0) is 10.3 Å². The summed E-state index contributed by atoms with van der Waals surface area (Å²) in [5, 5.41) is 4.36. The van der Waals surface area contributed by atoms with Crippen LogP contribution in [0.15, 0.2) is 6.20 Å². The number of carbonyl (C=O) groups is 2. The fourth-order valence-electron chi connectivity index (χ4n) is 3.07. The summed E-state index contributed by atoms with van der Waals surface area (Å²) in [6.45, 7) is 10.5. The van der Waals surface area contributed by atoms with Gasteiger partial charge >= 0.3 is 0 Å². The molecule has 122 valence electrons. The third-order valence-electron chi connectivity index (χ3n) is 4.42. The van der Waals surface area contributed by atoms with Crippen LogP contribution in [0, 0.1) is 12.8 Å². The van der Waals surface area contributed by atoms with Crippen LogP contribution in [0.5, 0.6) is 0 Å². The van der Waals surface area contributed by atoms with Gasteiger partial charge in [-0.15, -0.1) is 0 Å². The topological polar surface area (TPSA) is 81.2 Å². The molecule has 0 bridgehead atoms. The van der Waals surface area contributed by atoms with Crippen molar-refractivity contribution in [3.63, 3.8) is 0 Å². The maximum Gasteiger partial charge on any atom is 0.257 e. The first-order valence-electron chi connectivity index (χ1n) is 7.78. The van der Waals surface area contributed by atoms with E-state index < -0.39 is 0 Å². The second-order valence-electron chi connectivity index (χ2n) is 7.21. The number of hydrogen-bond acceptors (Lipinski definition) is 3. The highest BCUT2D eigenvalue weighted by Crippen LogP contribution is 2.25. The van der Waals surface area contributed by atoms with Crippen LogP contribution in [-0.4, -0.2) is 39.1 Å². The standard InChI is InChI=1S/C16H26N4O2/c1-10-6-7-12(14(17)21)9-19(10)15(22)13-8-18-20(11(13)2)16(3,4)5/h8,10,12H,6-7,9H2,1-5H3,(H2,17,21)/t10-,12-/m0/s1. The van der Waals surface area contributed by atoms with E-state index in [9.17, 15) is 9.59 Å². The van der Waals surface area contributed by atoms with E-state index in [-0.39, 0.29) is 29.3 Å². The molecule has 1 fully saturated rings. The lowest BCUT2D eigenvalue weighted by Gasteiger charge is -2.36. The number of amides is 2. The smallest absolute Gasteiger partial charge is 0.257 e. The average molecular weight is 306 g/mol. The van der Waals surface area contributed by atoms with E-state index in [0.29, 0.717) is 12.1 Å². The van der Waals surface area contributed by atoms with Gasteiger partial charge < -0.3 is 10.6 Å². The van der Waals surface area contributed by atoms with Crippen molar-refractivity contribution in [3.8, 4) is 0 Å². The second kappa shape index (κ2) is 5.74. The maximum absolute atomic E-state index is 12.9. The van der Waals surface area contributed by atoms with Crippen molar-refractivity contribution < 1.29 is 9.59 Å². The maximum atomic E-state index is 12.9. The van der Waals surface area contributed by atoms with E-state index in [1.807, 2.05) is 39.3 Å². The summed E-state index contributed by atoms with van der Waals surface area (Å²) in [6, 6.07) is 0.112. The Labute approximate surface area is 131 Å². The highest BCUT2D eigenvalue weighted by atomic mass is 16.2. The lowest BCUT2D eigenvalue weighted by Crippen LogP contribution is -2.48. The van der Waals surface area contributed by atoms with Gasteiger partial charge in [-0.1, -0.05) is 0 Å². The summed E-state index contributed by atoms with van der Waals surface area (Å²) in [6.07, 6.45) is 3.18. The molecule has 1 aliphatic heterocycles. The number of likely N-dealkylation sites (tertiary alicyclic amines) is 1. The van der Waals surface area contributed by atoms with Crippen molar-refractivity contribution in [1.29, 1.82) is 0 Å². The van der Waals surface area contributed by atoms with Gasteiger partial charge in [0.05, 0.1) is 23.2 Å². The summed E-state index contributed by atoms with van der Waals surface area (Å²) in [7, 11) is 0. The molecule has 0 saturated carbocycles. The zero-order valence-corrected chi connectivity index (χ0v) is 14.1. The van der Waals surface area contributed by atoms with Crippen molar-refractivity contribution in [2.75, 3.05) is 6.54 Å². The molecule has 0 radical (unpaired) electrons. The van der Waals surface area contributed by atoms with E-state index in [1.54, 1.807) is 11.1 Å². The summed E-state index contributed by atoms with van der Waals surface area (Å²) < 4.78 is 1.86. The van der Waals surface area contributed by atoms with Gasteiger partial charge in [0, 0.05) is 18.3 Å². The lowest BCUT2D eigenvalue weighted by molar-refractivity contribution is -0.123. The number of nitrogens with zero attached hydrogens (tertiary/aromatic N) is 3. The molecule has 1 aromatic rings. The molecule has 0 unspecified atom stereocenters.